The van der Waals surface area contributed by atoms with Crippen LogP contribution in [0.25, 0.3) is 5.52 Å². The number of anilines is 2. The smallest absolute Gasteiger partial charge is 0.214 e. The Hall–Kier alpha value is -2.95. The first-order chi connectivity index (χ1) is 14.5. The summed E-state index contributed by atoms with van der Waals surface area (Å²) in [5, 5.41) is 26.6. The Labute approximate surface area is 178 Å². The largest absolute Gasteiger partial charge is 0.383 e. The molecule has 0 amide bonds. The van der Waals surface area contributed by atoms with Crippen LogP contribution >= 0.6 is 11.8 Å². The Morgan fingerprint density at radius 1 is 1.30 bits per heavy atom. The first-order valence-electron chi connectivity index (χ1n) is 9.65. The van der Waals surface area contributed by atoms with Crippen molar-refractivity contribution in [3.05, 3.63) is 54.4 Å². The van der Waals surface area contributed by atoms with Crippen LogP contribution < -0.4 is 10.5 Å². The molecule has 1 saturated carbocycles. The van der Waals surface area contributed by atoms with E-state index in [-0.39, 0.29) is 5.41 Å². The van der Waals surface area contributed by atoms with Crippen molar-refractivity contribution in [1.82, 2.24) is 24.8 Å². The van der Waals surface area contributed by atoms with Crippen molar-refractivity contribution in [2.45, 2.75) is 35.4 Å². The van der Waals surface area contributed by atoms with Gasteiger partial charge in [0.1, 0.15) is 26.0 Å². The van der Waals surface area contributed by atoms with Gasteiger partial charge in [-0.3, -0.25) is 5.10 Å². The fourth-order valence-corrected chi connectivity index (χ4v) is 5.45. The van der Waals surface area contributed by atoms with E-state index in [0.717, 1.165) is 21.3 Å². The summed E-state index contributed by atoms with van der Waals surface area (Å²) < 4.78 is 1.79. The second-order valence-corrected chi connectivity index (χ2v) is 10.4. The van der Waals surface area contributed by atoms with E-state index in [4.69, 9.17) is 0 Å². The van der Waals surface area contributed by atoms with Gasteiger partial charge in [0, 0.05) is 22.9 Å². The van der Waals surface area contributed by atoms with E-state index < -0.39 is 15.1 Å². The van der Waals surface area contributed by atoms with E-state index in [1.807, 2.05) is 55.6 Å². The van der Waals surface area contributed by atoms with Gasteiger partial charge in [0.2, 0.25) is 5.16 Å². The van der Waals surface area contributed by atoms with Crippen molar-refractivity contribution in [3.63, 3.8) is 0 Å². The van der Waals surface area contributed by atoms with Gasteiger partial charge in [-0.05, 0) is 55.8 Å². The molecular formula is C20H20N6O2SSi. The maximum absolute atomic E-state index is 12.1. The molecule has 3 aromatic heterocycles. The second kappa shape index (κ2) is 7.38. The zero-order valence-electron chi connectivity index (χ0n) is 16.3. The number of hydrogen-bond acceptors (Lipinski definition) is 7. The molecule has 0 aliphatic heterocycles. The van der Waals surface area contributed by atoms with E-state index in [9.17, 15) is 9.90 Å². The van der Waals surface area contributed by atoms with E-state index in [2.05, 4.69) is 25.6 Å². The van der Waals surface area contributed by atoms with Crippen molar-refractivity contribution in [2.75, 3.05) is 5.32 Å². The van der Waals surface area contributed by atoms with Crippen molar-refractivity contribution in [1.29, 1.82) is 0 Å². The Morgan fingerprint density at radius 3 is 2.80 bits per heavy atom. The molecule has 0 bridgehead atoms. The van der Waals surface area contributed by atoms with Crippen molar-refractivity contribution in [3.8, 4) is 0 Å². The zero-order chi connectivity index (χ0) is 20.7. The van der Waals surface area contributed by atoms with E-state index in [1.165, 1.54) is 11.8 Å². The monoisotopic (exact) mass is 436 g/mol. The number of carbonyl (C=O) groups is 1. The van der Waals surface area contributed by atoms with Crippen molar-refractivity contribution >= 4 is 49.0 Å². The Kier molecular flexibility index (Phi) is 4.68. The van der Waals surface area contributed by atoms with Crippen LogP contribution in [0, 0.1) is 6.92 Å². The summed E-state index contributed by atoms with van der Waals surface area (Å²) in [4.78, 5) is 17.8. The molecule has 4 aromatic rings. The molecular weight excluding hydrogens is 416 g/mol. The zero-order valence-corrected chi connectivity index (χ0v) is 18.5. The number of aromatic amines is 1. The summed E-state index contributed by atoms with van der Waals surface area (Å²) in [7, 11) is -1.13. The maximum atomic E-state index is 12.1. The van der Waals surface area contributed by atoms with Gasteiger partial charge in [-0.1, -0.05) is 17.3 Å². The number of aliphatic hydroxyl groups is 1. The number of benzene rings is 1. The summed E-state index contributed by atoms with van der Waals surface area (Å²) in [5.74, 6) is 1.37. The number of aromatic nitrogens is 5. The van der Waals surface area contributed by atoms with Gasteiger partial charge in [0.25, 0.3) is 0 Å². The Morgan fingerprint density at radius 2 is 2.10 bits per heavy atom. The highest BCUT2D eigenvalue weighted by molar-refractivity contribution is 7.99. The lowest BCUT2D eigenvalue weighted by molar-refractivity contribution is -0.121. The summed E-state index contributed by atoms with van der Waals surface area (Å²) in [6.07, 6.45) is 3.10. The molecule has 0 spiro atoms. The quantitative estimate of drug-likeness (QED) is 0.377. The summed E-state index contributed by atoms with van der Waals surface area (Å²) in [5.41, 5.74) is 0.803. The fraction of sp³-hybridized carbons (Fsp3) is 0.200. The first-order valence-corrected chi connectivity index (χ1v) is 11.9. The van der Waals surface area contributed by atoms with Crippen molar-refractivity contribution < 1.29 is 9.90 Å². The number of aryl methyl sites for hydroxylation is 1. The number of hydrogen-bond donors (Lipinski definition) is 3. The molecule has 152 valence electrons. The van der Waals surface area contributed by atoms with E-state index in [0.29, 0.717) is 29.6 Å². The SMILES string of the molecule is Cc1cc(Nc2nc(Sc3ccc([SiH2]C(=O)C4(O)CC4)cc3)nn3cccc23)n[nH]1. The predicted octanol–water partition coefficient (Wildman–Crippen LogP) is 1.50. The lowest BCUT2D eigenvalue weighted by atomic mass is 10.4. The summed E-state index contributed by atoms with van der Waals surface area (Å²) >= 11 is 1.45. The molecule has 1 fully saturated rings. The normalized spacial score (nSPS) is 15.1. The summed E-state index contributed by atoms with van der Waals surface area (Å²) in [6, 6.07) is 13.7. The highest BCUT2D eigenvalue weighted by Gasteiger charge is 2.46. The standard InChI is InChI=1S/C20H20N6O2SSi/c1-12-11-16(24-23-12)21-17-15-3-2-10-26(15)25-19(22-17)29-13-4-6-14(7-5-13)30-18(27)20(28)8-9-20/h2-7,10-11,28H,8-9,30H2,1H3,(H2,21,22,23,24,25). The minimum absolute atomic E-state index is 0.0358. The molecule has 8 nitrogen and oxygen atoms in total. The van der Waals surface area contributed by atoms with Crippen LogP contribution in [0.4, 0.5) is 11.6 Å². The Balaban J connectivity index is 1.35. The van der Waals surface area contributed by atoms with Gasteiger partial charge in [-0.25, -0.2) is 9.50 Å². The molecule has 10 heteroatoms. The molecule has 30 heavy (non-hydrogen) atoms. The van der Waals surface area contributed by atoms with Crippen molar-refractivity contribution in [2.24, 2.45) is 0 Å². The molecule has 0 saturated heterocycles. The van der Waals surface area contributed by atoms with Crippen LogP contribution in [0.1, 0.15) is 18.5 Å². The number of nitrogens with one attached hydrogen (secondary N) is 2. The lowest BCUT2D eigenvalue weighted by Gasteiger charge is -2.08. The fourth-order valence-electron chi connectivity index (χ4n) is 3.18. The Bertz CT molecular complexity index is 1230. The maximum Gasteiger partial charge on any atom is 0.214 e. The minimum atomic E-state index is -1.13. The van der Waals surface area contributed by atoms with Crippen LogP contribution in [-0.2, 0) is 4.79 Å². The number of H-pyrrole nitrogens is 1. The molecule has 1 aliphatic rings. The average molecular weight is 437 g/mol. The molecule has 0 atom stereocenters. The number of rotatable bonds is 7. The van der Waals surface area contributed by atoms with E-state index in [1.54, 1.807) is 4.52 Å². The van der Waals surface area contributed by atoms with Crippen LogP contribution in [0.3, 0.4) is 0 Å². The van der Waals surface area contributed by atoms with Gasteiger partial charge in [-0.2, -0.15) is 5.10 Å². The van der Waals surface area contributed by atoms with Crippen LogP contribution in [0.15, 0.2) is 58.7 Å². The third-order valence-corrected chi connectivity index (χ3v) is 7.79. The molecule has 1 aliphatic carbocycles. The highest BCUT2D eigenvalue weighted by atomic mass is 32.2. The topological polar surface area (TPSA) is 108 Å². The third-order valence-electron chi connectivity index (χ3n) is 5.06. The average Bonchev–Trinajstić information content (AvgIpc) is 3.11. The second-order valence-electron chi connectivity index (χ2n) is 7.52. The molecule has 3 N–H and O–H groups in total. The molecule has 0 radical (unpaired) electrons. The van der Waals surface area contributed by atoms with Crippen LogP contribution in [0.5, 0.6) is 0 Å². The molecule has 5 rings (SSSR count). The number of nitrogens with zero attached hydrogens (tertiary/aromatic N) is 4. The minimum Gasteiger partial charge on any atom is -0.383 e. The molecule has 0 unspecified atom stereocenters. The highest BCUT2D eigenvalue weighted by Crippen LogP contribution is 2.35. The third kappa shape index (κ3) is 3.89. The van der Waals surface area contributed by atoms with Gasteiger partial charge in [-0.15, -0.1) is 5.10 Å². The predicted molar refractivity (Wildman–Crippen MR) is 118 cm³/mol. The number of fused-ring (bicyclic) bond motifs is 1. The number of carbonyl (C=O) groups excluding carboxylic acids is 1. The van der Waals surface area contributed by atoms with Gasteiger partial charge in [0.05, 0.1) is 0 Å². The van der Waals surface area contributed by atoms with Gasteiger partial charge < -0.3 is 15.2 Å². The lowest BCUT2D eigenvalue weighted by Crippen LogP contribution is -2.34. The van der Waals surface area contributed by atoms with Crippen LogP contribution in [0.2, 0.25) is 0 Å². The van der Waals surface area contributed by atoms with Gasteiger partial charge in [0.15, 0.2) is 11.6 Å². The first kappa shape index (κ1) is 19.0. The van der Waals surface area contributed by atoms with Gasteiger partial charge >= 0.3 is 0 Å². The molecule has 3 heterocycles. The van der Waals surface area contributed by atoms with E-state index >= 15 is 0 Å². The van der Waals surface area contributed by atoms with Crippen LogP contribution in [-0.4, -0.2) is 50.4 Å². The summed E-state index contributed by atoms with van der Waals surface area (Å²) in [6.45, 7) is 1.94. The molecule has 1 aromatic carbocycles.